The van der Waals surface area contributed by atoms with E-state index in [9.17, 15) is 0 Å². The molecule has 0 radical (unpaired) electrons. The SMILES string of the molecule is Cc1ncccc1N1CCC(NC(C)C)C1. The maximum Gasteiger partial charge on any atom is 0.0605 e. The third-order valence-electron chi connectivity index (χ3n) is 3.08. The standard InChI is InChI=1S/C13H21N3/c1-10(2)15-12-6-8-16(9-12)13-5-4-7-14-11(13)3/h4-5,7,10,12,15H,6,8-9H2,1-3H3. The summed E-state index contributed by atoms with van der Waals surface area (Å²) < 4.78 is 0. The first-order valence-electron chi connectivity index (χ1n) is 6.09. The van der Waals surface area contributed by atoms with Crippen LogP contribution in [0.2, 0.25) is 0 Å². The number of hydrogen-bond donors (Lipinski definition) is 1. The first-order chi connectivity index (χ1) is 7.66. The highest BCUT2D eigenvalue weighted by Gasteiger charge is 2.23. The van der Waals surface area contributed by atoms with Crippen molar-refractivity contribution in [1.29, 1.82) is 0 Å². The van der Waals surface area contributed by atoms with E-state index in [0.29, 0.717) is 12.1 Å². The van der Waals surface area contributed by atoms with Gasteiger partial charge in [-0.15, -0.1) is 0 Å². The highest BCUT2D eigenvalue weighted by molar-refractivity contribution is 5.50. The number of rotatable bonds is 3. The number of nitrogens with zero attached hydrogens (tertiary/aromatic N) is 2. The molecule has 1 unspecified atom stereocenters. The molecule has 0 aliphatic carbocycles. The number of aryl methyl sites for hydroxylation is 1. The molecule has 1 saturated heterocycles. The lowest BCUT2D eigenvalue weighted by Gasteiger charge is -2.21. The first-order valence-corrected chi connectivity index (χ1v) is 6.09. The van der Waals surface area contributed by atoms with Crippen molar-refractivity contribution in [3.8, 4) is 0 Å². The quantitative estimate of drug-likeness (QED) is 0.842. The molecule has 0 spiro atoms. The second-order valence-electron chi connectivity index (χ2n) is 4.86. The third kappa shape index (κ3) is 2.53. The van der Waals surface area contributed by atoms with Gasteiger partial charge in [-0.3, -0.25) is 4.98 Å². The van der Waals surface area contributed by atoms with E-state index in [0.717, 1.165) is 18.8 Å². The summed E-state index contributed by atoms with van der Waals surface area (Å²) in [6.45, 7) is 8.73. The van der Waals surface area contributed by atoms with Gasteiger partial charge >= 0.3 is 0 Å². The zero-order chi connectivity index (χ0) is 11.5. The highest BCUT2D eigenvalue weighted by Crippen LogP contribution is 2.22. The molecule has 1 N–H and O–H groups in total. The Morgan fingerprint density at radius 2 is 2.31 bits per heavy atom. The molecule has 3 nitrogen and oxygen atoms in total. The molecule has 1 aromatic rings. The van der Waals surface area contributed by atoms with Gasteiger partial charge in [-0.25, -0.2) is 0 Å². The number of nitrogens with one attached hydrogen (secondary N) is 1. The van der Waals surface area contributed by atoms with Crippen molar-refractivity contribution in [3.63, 3.8) is 0 Å². The molecule has 2 heterocycles. The van der Waals surface area contributed by atoms with Crippen LogP contribution in [0.25, 0.3) is 0 Å². The first kappa shape index (κ1) is 11.4. The van der Waals surface area contributed by atoms with Crippen LogP contribution >= 0.6 is 0 Å². The fourth-order valence-corrected chi connectivity index (χ4v) is 2.40. The summed E-state index contributed by atoms with van der Waals surface area (Å²) >= 11 is 0. The maximum atomic E-state index is 4.35. The Labute approximate surface area is 97.9 Å². The summed E-state index contributed by atoms with van der Waals surface area (Å²) in [6.07, 6.45) is 3.09. The van der Waals surface area contributed by atoms with Crippen molar-refractivity contribution in [2.45, 2.75) is 39.3 Å². The lowest BCUT2D eigenvalue weighted by molar-refractivity contribution is 0.492. The van der Waals surface area contributed by atoms with Crippen LogP contribution in [0.5, 0.6) is 0 Å². The van der Waals surface area contributed by atoms with E-state index in [4.69, 9.17) is 0 Å². The minimum atomic E-state index is 0.569. The van der Waals surface area contributed by atoms with Crippen molar-refractivity contribution in [3.05, 3.63) is 24.0 Å². The van der Waals surface area contributed by atoms with Crippen LogP contribution in [0.4, 0.5) is 5.69 Å². The summed E-state index contributed by atoms with van der Waals surface area (Å²) in [5.41, 5.74) is 2.42. The monoisotopic (exact) mass is 219 g/mol. The molecular weight excluding hydrogens is 198 g/mol. The molecule has 1 aromatic heterocycles. The average Bonchev–Trinajstić information content (AvgIpc) is 2.66. The molecule has 0 bridgehead atoms. The second-order valence-corrected chi connectivity index (χ2v) is 4.86. The topological polar surface area (TPSA) is 28.2 Å². The van der Waals surface area contributed by atoms with Crippen LogP contribution in [0.1, 0.15) is 26.0 Å². The van der Waals surface area contributed by atoms with Crippen LogP contribution in [-0.4, -0.2) is 30.2 Å². The van der Waals surface area contributed by atoms with Gasteiger partial charge in [-0.05, 0) is 25.5 Å². The maximum absolute atomic E-state index is 4.35. The van der Waals surface area contributed by atoms with Crippen molar-refractivity contribution < 1.29 is 0 Å². The summed E-state index contributed by atoms with van der Waals surface area (Å²) in [4.78, 5) is 6.78. The minimum Gasteiger partial charge on any atom is -0.368 e. The van der Waals surface area contributed by atoms with E-state index < -0.39 is 0 Å². The highest BCUT2D eigenvalue weighted by atomic mass is 15.2. The molecule has 1 fully saturated rings. The number of anilines is 1. The zero-order valence-electron chi connectivity index (χ0n) is 10.4. The van der Waals surface area contributed by atoms with Crippen LogP contribution in [-0.2, 0) is 0 Å². The summed E-state index contributed by atoms with van der Waals surface area (Å²) in [5, 5.41) is 3.60. The predicted octanol–water partition coefficient (Wildman–Crippen LogP) is 1.97. The molecule has 88 valence electrons. The normalized spacial score (nSPS) is 20.8. The molecule has 3 heteroatoms. The van der Waals surface area contributed by atoms with E-state index in [1.165, 1.54) is 12.1 Å². The van der Waals surface area contributed by atoms with Gasteiger partial charge in [0, 0.05) is 31.4 Å². The molecule has 0 aromatic carbocycles. The Morgan fingerprint density at radius 1 is 1.50 bits per heavy atom. The van der Waals surface area contributed by atoms with E-state index in [1.807, 2.05) is 12.3 Å². The lowest BCUT2D eigenvalue weighted by Crippen LogP contribution is -2.37. The Hall–Kier alpha value is -1.09. The van der Waals surface area contributed by atoms with Crippen LogP contribution in [0.3, 0.4) is 0 Å². The Morgan fingerprint density at radius 3 is 3.00 bits per heavy atom. The smallest absolute Gasteiger partial charge is 0.0605 e. The second kappa shape index (κ2) is 4.83. The molecule has 1 aliphatic rings. The van der Waals surface area contributed by atoms with E-state index in [2.05, 4.69) is 42.0 Å². The molecular formula is C13H21N3. The van der Waals surface area contributed by atoms with Crippen LogP contribution in [0.15, 0.2) is 18.3 Å². The van der Waals surface area contributed by atoms with Gasteiger partial charge < -0.3 is 10.2 Å². The Bertz CT molecular complexity index is 349. The van der Waals surface area contributed by atoms with E-state index in [-0.39, 0.29) is 0 Å². The van der Waals surface area contributed by atoms with Gasteiger partial charge in [0.1, 0.15) is 0 Å². The number of pyridine rings is 1. The summed E-state index contributed by atoms with van der Waals surface area (Å²) in [7, 11) is 0. The van der Waals surface area contributed by atoms with Gasteiger partial charge in [0.25, 0.3) is 0 Å². The van der Waals surface area contributed by atoms with Crippen molar-refractivity contribution in [2.75, 3.05) is 18.0 Å². The number of hydrogen-bond acceptors (Lipinski definition) is 3. The molecule has 0 amide bonds. The van der Waals surface area contributed by atoms with Gasteiger partial charge in [-0.1, -0.05) is 13.8 Å². The van der Waals surface area contributed by atoms with Crippen LogP contribution in [0, 0.1) is 6.92 Å². The Balaban J connectivity index is 2.01. The van der Waals surface area contributed by atoms with Gasteiger partial charge in [0.2, 0.25) is 0 Å². The largest absolute Gasteiger partial charge is 0.368 e. The third-order valence-corrected chi connectivity index (χ3v) is 3.08. The molecule has 16 heavy (non-hydrogen) atoms. The predicted molar refractivity (Wildman–Crippen MR) is 67.9 cm³/mol. The van der Waals surface area contributed by atoms with Crippen molar-refractivity contribution in [1.82, 2.24) is 10.3 Å². The fraction of sp³-hybridized carbons (Fsp3) is 0.615. The van der Waals surface area contributed by atoms with Gasteiger partial charge in [-0.2, -0.15) is 0 Å². The fourth-order valence-electron chi connectivity index (χ4n) is 2.40. The molecule has 0 saturated carbocycles. The lowest BCUT2D eigenvalue weighted by atomic mass is 10.2. The van der Waals surface area contributed by atoms with Crippen molar-refractivity contribution in [2.24, 2.45) is 0 Å². The molecule has 2 rings (SSSR count). The average molecular weight is 219 g/mol. The molecule has 1 aliphatic heterocycles. The zero-order valence-corrected chi connectivity index (χ0v) is 10.4. The van der Waals surface area contributed by atoms with E-state index in [1.54, 1.807) is 0 Å². The molecule has 1 atom stereocenters. The van der Waals surface area contributed by atoms with Gasteiger partial charge in [0.15, 0.2) is 0 Å². The minimum absolute atomic E-state index is 0.569. The summed E-state index contributed by atoms with van der Waals surface area (Å²) in [5.74, 6) is 0. The summed E-state index contributed by atoms with van der Waals surface area (Å²) in [6, 6.07) is 5.38. The Kier molecular flexibility index (Phi) is 3.44. The number of aromatic nitrogens is 1. The van der Waals surface area contributed by atoms with Crippen molar-refractivity contribution >= 4 is 5.69 Å². The van der Waals surface area contributed by atoms with Crippen LogP contribution < -0.4 is 10.2 Å². The van der Waals surface area contributed by atoms with Gasteiger partial charge in [0.05, 0.1) is 11.4 Å². The van der Waals surface area contributed by atoms with E-state index >= 15 is 0 Å².